The Labute approximate surface area is 243 Å². The number of esters is 1. The Morgan fingerprint density at radius 1 is 0.927 bits per heavy atom. The number of nitrogens with one attached hydrogen (secondary N) is 1. The summed E-state index contributed by atoms with van der Waals surface area (Å²) in [5, 5.41) is 4.21. The van der Waals surface area contributed by atoms with Gasteiger partial charge < -0.3 is 19.4 Å². The maximum atomic E-state index is 13.2. The Morgan fingerprint density at radius 3 is 2.24 bits per heavy atom. The van der Waals surface area contributed by atoms with Crippen molar-refractivity contribution in [3.8, 4) is 5.75 Å². The van der Waals surface area contributed by atoms with Gasteiger partial charge in [-0.25, -0.2) is 4.79 Å². The Kier molecular flexibility index (Phi) is 8.34. The fourth-order valence-corrected chi connectivity index (χ4v) is 5.10. The lowest BCUT2D eigenvalue weighted by Gasteiger charge is -2.23. The highest BCUT2D eigenvalue weighted by atomic mass is 16.6. The Bertz CT molecular complexity index is 1570. The molecule has 0 aliphatic rings. The molecule has 4 aromatic rings. The number of carbonyl (C=O) groups excluding carboxylic acids is 2. The van der Waals surface area contributed by atoms with Gasteiger partial charge in [-0.15, -0.1) is 0 Å². The maximum absolute atomic E-state index is 13.2. The minimum atomic E-state index is -1.09. The van der Waals surface area contributed by atoms with Crippen molar-refractivity contribution >= 4 is 22.8 Å². The van der Waals surface area contributed by atoms with E-state index in [-0.39, 0.29) is 17.4 Å². The van der Waals surface area contributed by atoms with Gasteiger partial charge in [0.25, 0.3) is 5.91 Å². The van der Waals surface area contributed by atoms with Gasteiger partial charge in [0.2, 0.25) is 0 Å². The summed E-state index contributed by atoms with van der Waals surface area (Å²) in [5.74, 6) is 0.0745. The Morgan fingerprint density at radius 2 is 1.61 bits per heavy atom. The van der Waals surface area contributed by atoms with E-state index in [0.29, 0.717) is 17.9 Å². The highest BCUT2D eigenvalue weighted by Crippen LogP contribution is 2.29. The van der Waals surface area contributed by atoms with Crippen LogP contribution in [0.2, 0.25) is 0 Å². The van der Waals surface area contributed by atoms with E-state index in [4.69, 9.17) is 9.47 Å². The van der Waals surface area contributed by atoms with Crippen molar-refractivity contribution in [2.75, 3.05) is 7.11 Å². The van der Waals surface area contributed by atoms with Crippen LogP contribution in [-0.4, -0.2) is 29.2 Å². The number of hydrogen-bond acceptors (Lipinski definition) is 4. The normalized spacial score (nSPS) is 12.7. The third kappa shape index (κ3) is 6.48. The molecular formula is C35H42N2O4. The number of amides is 1. The average Bonchev–Trinajstić information content (AvgIpc) is 3.16. The van der Waals surface area contributed by atoms with Gasteiger partial charge in [-0.2, -0.15) is 0 Å². The summed E-state index contributed by atoms with van der Waals surface area (Å²) in [6, 6.07) is 22.0. The molecule has 0 aliphatic heterocycles. The molecule has 0 saturated heterocycles. The van der Waals surface area contributed by atoms with E-state index in [2.05, 4.69) is 68.8 Å². The molecule has 0 saturated carbocycles. The third-order valence-electron chi connectivity index (χ3n) is 7.81. The molecular weight excluding hydrogens is 512 g/mol. The van der Waals surface area contributed by atoms with Crippen LogP contribution in [0.4, 0.5) is 0 Å². The van der Waals surface area contributed by atoms with Gasteiger partial charge >= 0.3 is 5.97 Å². The first-order valence-corrected chi connectivity index (χ1v) is 14.1. The van der Waals surface area contributed by atoms with Crippen molar-refractivity contribution in [3.63, 3.8) is 0 Å². The van der Waals surface area contributed by atoms with Crippen LogP contribution in [-0.2, 0) is 21.5 Å². The molecule has 1 aromatic heterocycles. The number of nitrogens with zero attached hydrogens (tertiary/aromatic N) is 1. The molecule has 216 valence electrons. The SMILES string of the molecule is COC(=O)C(C)(C)Oc1cccc(Cn2c(C)c(C)c3cc(C(=O)NC(C)c4ccc(C(C)(C)C)cc4)ccc32)c1. The van der Waals surface area contributed by atoms with E-state index in [1.165, 1.54) is 12.7 Å². The highest BCUT2D eigenvalue weighted by molar-refractivity contribution is 5.99. The first-order chi connectivity index (χ1) is 19.2. The van der Waals surface area contributed by atoms with Crippen molar-refractivity contribution < 1.29 is 19.1 Å². The largest absolute Gasteiger partial charge is 0.476 e. The van der Waals surface area contributed by atoms with Gasteiger partial charge in [-0.1, -0.05) is 57.2 Å². The fourth-order valence-electron chi connectivity index (χ4n) is 5.10. The number of rotatable bonds is 8. The number of fused-ring (bicyclic) bond motifs is 1. The molecule has 3 aromatic carbocycles. The molecule has 0 radical (unpaired) electrons. The molecule has 1 atom stereocenters. The fraction of sp³-hybridized carbons (Fsp3) is 0.371. The number of ether oxygens (including phenoxy) is 2. The summed E-state index contributed by atoms with van der Waals surface area (Å²) in [7, 11) is 1.35. The first-order valence-electron chi connectivity index (χ1n) is 14.1. The van der Waals surface area contributed by atoms with Crippen molar-refractivity contribution in [2.45, 2.75) is 79.0 Å². The summed E-state index contributed by atoms with van der Waals surface area (Å²) in [4.78, 5) is 25.3. The zero-order chi connectivity index (χ0) is 30.1. The van der Waals surface area contributed by atoms with Crippen LogP contribution in [0.3, 0.4) is 0 Å². The molecule has 6 nitrogen and oxygen atoms in total. The molecule has 41 heavy (non-hydrogen) atoms. The zero-order valence-electron chi connectivity index (χ0n) is 25.7. The molecule has 0 fully saturated rings. The number of methoxy groups -OCH3 is 1. The molecule has 0 spiro atoms. The van der Waals surface area contributed by atoms with E-state index in [1.807, 2.05) is 49.4 Å². The molecule has 0 aliphatic carbocycles. The van der Waals surface area contributed by atoms with Crippen molar-refractivity contribution in [1.29, 1.82) is 0 Å². The van der Waals surface area contributed by atoms with Gasteiger partial charge in [0, 0.05) is 28.7 Å². The summed E-state index contributed by atoms with van der Waals surface area (Å²) < 4.78 is 13.1. The van der Waals surface area contributed by atoms with Gasteiger partial charge in [0.1, 0.15) is 5.75 Å². The van der Waals surface area contributed by atoms with E-state index in [1.54, 1.807) is 13.8 Å². The predicted octanol–water partition coefficient (Wildman–Crippen LogP) is 7.43. The number of hydrogen-bond donors (Lipinski definition) is 1. The predicted molar refractivity (Wildman–Crippen MR) is 165 cm³/mol. The monoisotopic (exact) mass is 554 g/mol. The molecule has 1 N–H and O–H groups in total. The number of benzene rings is 3. The lowest BCUT2D eigenvalue weighted by Crippen LogP contribution is -2.39. The van der Waals surface area contributed by atoms with Crippen molar-refractivity contribution in [3.05, 3.63) is 100 Å². The Balaban J connectivity index is 1.54. The standard InChI is InChI=1S/C35H42N2O4/c1-22-24(3)37(21-25-11-10-12-29(19-25)41-35(7,8)33(39)40-9)31-18-15-27(20-30(22)31)32(38)36-23(2)26-13-16-28(17-14-26)34(4,5)6/h10-20,23H,21H2,1-9H3,(H,36,38). The van der Waals surface area contributed by atoms with Crippen LogP contribution in [0, 0.1) is 13.8 Å². The van der Waals surface area contributed by atoms with E-state index in [0.717, 1.165) is 33.3 Å². The van der Waals surface area contributed by atoms with Crippen LogP contribution in [0.15, 0.2) is 66.7 Å². The number of aryl methyl sites for hydroxylation is 1. The summed E-state index contributed by atoms with van der Waals surface area (Å²) in [6.45, 7) is 16.8. The van der Waals surface area contributed by atoms with Crippen LogP contribution in [0.25, 0.3) is 10.9 Å². The molecule has 1 unspecified atom stereocenters. The summed E-state index contributed by atoms with van der Waals surface area (Å²) >= 11 is 0. The zero-order valence-corrected chi connectivity index (χ0v) is 25.7. The van der Waals surface area contributed by atoms with E-state index in [9.17, 15) is 9.59 Å². The van der Waals surface area contributed by atoms with Gasteiger partial charge in [0.15, 0.2) is 5.60 Å². The topological polar surface area (TPSA) is 69.6 Å². The third-order valence-corrected chi connectivity index (χ3v) is 7.81. The van der Waals surface area contributed by atoms with E-state index < -0.39 is 11.6 Å². The second-order valence-corrected chi connectivity index (χ2v) is 12.3. The second-order valence-electron chi connectivity index (χ2n) is 12.3. The van der Waals surface area contributed by atoms with Gasteiger partial charge in [-0.05, 0) is 92.6 Å². The number of carbonyl (C=O) groups is 2. The van der Waals surface area contributed by atoms with Crippen molar-refractivity contribution in [2.24, 2.45) is 0 Å². The lowest BCUT2D eigenvalue weighted by molar-refractivity contribution is -0.156. The second kappa shape index (κ2) is 11.4. The average molecular weight is 555 g/mol. The maximum Gasteiger partial charge on any atom is 0.349 e. The minimum absolute atomic E-state index is 0.0881. The molecule has 0 bridgehead atoms. The van der Waals surface area contributed by atoms with Gasteiger partial charge in [0.05, 0.1) is 13.2 Å². The molecule has 1 amide bonds. The van der Waals surface area contributed by atoms with Crippen LogP contribution >= 0.6 is 0 Å². The summed E-state index contributed by atoms with van der Waals surface area (Å²) in [6.07, 6.45) is 0. The highest BCUT2D eigenvalue weighted by Gasteiger charge is 2.31. The van der Waals surface area contributed by atoms with Crippen LogP contribution in [0.1, 0.15) is 85.9 Å². The van der Waals surface area contributed by atoms with Crippen LogP contribution < -0.4 is 10.1 Å². The van der Waals surface area contributed by atoms with E-state index >= 15 is 0 Å². The van der Waals surface area contributed by atoms with Gasteiger partial charge in [-0.3, -0.25) is 4.79 Å². The quantitative estimate of drug-likeness (QED) is 0.230. The summed E-state index contributed by atoms with van der Waals surface area (Å²) in [5.41, 5.74) is 6.34. The Hall–Kier alpha value is -4.06. The molecule has 6 heteroatoms. The smallest absolute Gasteiger partial charge is 0.349 e. The lowest BCUT2D eigenvalue weighted by atomic mass is 9.86. The number of aromatic nitrogens is 1. The van der Waals surface area contributed by atoms with Crippen LogP contribution in [0.5, 0.6) is 5.75 Å². The molecule has 1 heterocycles. The minimum Gasteiger partial charge on any atom is -0.476 e. The molecule has 4 rings (SSSR count). The van der Waals surface area contributed by atoms with Crippen molar-refractivity contribution in [1.82, 2.24) is 9.88 Å². The first kappa shape index (κ1) is 29.9.